The third kappa shape index (κ3) is 3.44. The van der Waals surface area contributed by atoms with Crippen LogP contribution >= 0.6 is 0 Å². The molecule has 1 rings (SSSR count). The van der Waals surface area contributed by atoms with Crippen LogP contribution in [0.1, 0.15) is 6.92 Å². The molecule has 0 aliphatic heterocycles. The van der Waals surface area contributed by atoms with Crippen molar-refractivity contribution in [2.45, 2.75) is 6.92 Å². The number of nitrogens with zero attached hydrogens (tertiary/aromatic N) is 2. The monoisotopic (exact) mass is 238 g/mol. The smallest absolute Gasteiger partial charge is 0.308 e. The van der Waals surface area contributed by atoms with Crippen molar-refractivity contribution >= 4 is 17.3 Å². The van der Waals surface area contributed by atoms with Gasteiger partial charge in [0.15, 0.2) is 0 Å². The van der Waals surface area contributed by atoms with Crippen LogP contribution in [-0.4, -0.2) is 29.6 Å². The van der Waals surface area contributed by atoms with E-state index in [-0.39, 0.29) is 5.69 Å². The van der Waals surface area contributed by atoms with Crippen molar-refractivity contribution in [1.29, 1.82) is 0 Å². The molecule has 0 aliphatic rings. The van der Waals surface area contributed by atoms with E-state index in [0.717, 1.165) is 5.69 Å². The van der Waals surface area contributed by atoms with Crippen LogP contribution in [0.2, 0.25) is 0 Å². The molecule has 0 radical (unpaired) electrons. The second kappa shape index (κ2) is 5.29. The molecule has 6 nitrogen and oxygen atoms in total. The van der Waals surface area contributed by atoms with Gasteiger partial charge >= 0.3 is 5.97 Å². The van der Waals surface area contributed by atoms with E-state index in [1.54, 1.807) is 31.0 Å². The molecule has 0 fully saturated rings. The van der Waals surface area contributed by atoms with E-state index in [9.17, 15) is 14.9 Å². The highest BCUT2D eigenvalue weighted by Gasteiger charge is 2.14. The maximum absolute atomic E-state index is 10.7. The van der Waals surface area contributed by atoms with Gasteiger partial charge < -0.3 is 10.0 Å². The van der Waals surface area contributed by atoms with Crippen molar-refractivity contribution in [3.63, 3.8) is 0 Å². The van der Waals surface area contributed by atoms with Crippen LogP contribution in [0.3, 0.4) is 0 Å². The van der Waals surface area contributed by atoms with Crippen molar-refractivity contribution in [2.75, 3.05) is 18.5 Å². The van der Waals surface area contributed by atoms with Gasteiger partial charge in [-0.15, -0.1) is 0 Å². The number of benzene rings is 1. The normalized spacial score (nSPS) is 11.9. The summed E-state index contributed by atoms with van der Waals surface area (Å²) in [6.07, 6.45) is 0. The van der Waals surface area contributed by atoms with Crippen molar-refractivity contribution in [3.05, 3.63) is 34.4 Å². The van der Waals surface area contributed by atoms with E-state index in [2.05, 4.69) is 0 Å². The van der Waals surface area contributed by atoms with Gasteiger partial charge in [-0.3, -0.25) is 14.9 Å². The van der Waals surface area contributed by atoms with Crippen LogP contribution in [0.25, 0.3) is 0 Å². The van der Waals surface area contributed by atoms with Gasteiger partial charge in [0, 0.05) is 31.4 Å². The number of nitro benzene ring substituents is 1. The number of carboxylic acid groups (broad SMARTS) is 1. The summed E-state index contributed by atoms with van der Waals surface area (Å²) in [7, 11) is 1.75. The molecule has 1 unspecified atom stereocenters. The summed E-state index contributed by atoms with van der Waals surface area (Å²) in [5.41, 5.74) is 0.775. The van der Waals surface area contributed by atoms with E-state index in [4.69, 9.17) is 5.11 Å². The minimum atomic E-state index is -0.862. The van der Waals surface area contributed by atoms with Gasteiger partial charge in [0.2, 0.25) is 0 Å². The lowest BCUT2D eigenvalue weighted by atomic mass is 10.1. The van der Waals surface area contributed by atoms with E-state index in [1.165, 1.54) is 12.1 Å². The first-order valence-electron chi connectivity index (χ1n) is 5.10. The molecule has 0 heterocycles. The number of rotatable bonds is 5. The SMILES string of the molecule is CC(CN(C)c1ccc([N+](=O)[O-])cc1)C(=O)O. The van der Waals surface area contributed by atoms with Crippen LogP contribution in [0.5, 0.6) is 0 Å². The molecule has 6 heteroatoms. The van der Waals surface area contributed by atoms with Gasteiger partial charge in [-0.05, 0) is 12.1 Å². The fraction of sp³-hybridized carbons (Fsp3) is 0.364. The van der Waals surface area contributed by atoms with Gasteiger partial charge in [0.1, 0.15) is 0 Å². The van der Waals surface area contributed by atoms with Crippen LogP contribution in [0.4, 0.5) is 11.4 Å². The number of nitro groups is 1. The lowest BCUT2D eigenvalue weighted by molar-refractivity contribution is -0.384. The minimum absolute atomic E-state index is 0.0217. The Bertz CT molecular complexity index is 416. The molecule has 0 saturated carbocycles. The zero-order valence-corrected chi connectivity index (χ0v) is 9.66. The Kier molecular flexibility index (Phi) is 4.03. The summed E-state index contributed by atoms with van der Waals surface area (Å²) in [6, 6.07) is 6.01. The molecule has 0 aromatic heterocycles. The molecule has 0 amide bonds. The zero-order valence-electron chi connectivity index (χ0n) is 9.66. The molecule has 1 aromatic rings. The van der Waals surface area contributed by atoms with Crippen molar-refractivity contribution in [2.24, 2.45) is 5.92 Å². The van der Waals surface area contributed by atoms with Gasteiger partial charge in [-0.1, -0.05) is 6.92 Å². The maximum Gasteiger partial charge on any atom is 0.308 e. The Morgan fingerprint density at radius 2 is 2.00 bits per heavy atom. The molecular formula is C11H14N2O4. The first kappa shape index (κ1) is 13.0. The summed E-state index contributed by atoms with van der Waals surface area (Å²) >= 11 is 0. The number of hydrogen-bond acceptors (Lipinski definition) is 4. The lowest BCUT2D eigenvalue weighted by Gasteiger charge is -2.21. The third-order valence-electron chi connectivity index (χ3n) is 2.47. The molecule has 1 aromatic carbocycles. The van der Waals surface area contributed by atoms with Gasteiger partial charge in [0.25, 0.3) is 5.69 Å². The van der Waals surface area contributed by atoms with E-state index < -0.39 is 16.8 Å². The van der Waals surface area contributed by atoms with E-state index in [1.807, 2.05) is 0 Å². The Morgan fingerprint density at radius 1 is 1.47 bits per heavy atom. The molecule has 1 N–H and O–H groups in total. The number of carbonyl (C=O) groups is 1. The number of non-ortho nitro benzene ring substituents is 1. The van der Waals surface area contributed by atoms with E-state index >= 15 is 0 Å². The van der Waals surface area contributed by atoms with Crippen LogP contribution in [0, 0.1) is 16.0 Å². The maximum atomic E-state index is 10.7. The minimum Gasteiger partial charge on any atom is -0.481 e. The summed E-state index contributed by atoms with van der Waals surface area (Å²) < 4.78 is 0. The highest BCUT2D eigenvalue weighted by Crippen LogP contribution is 2.19. The number of hydrogen-bond donors (Lipinski definition) is 1. The molecule has 1 atom stereocenters. The quantitative estimate of drug-likeness (QED) is 0.624. The van der Waals surface area contributed by atoms with Crippen molar-refractivity contribution in [1.82, 2.24) is 0 Å². The molecule has 92 valence electrons. The van der Waals surface area contributed by atoms with Crippen molar-refractivity contribution < 1.29 is 14.8 Å². The molecule has 0 spiro atoms. The lowest BCUT2D eigenvalue weighted by Crippen LogP contribution is -2.28. The van der Waals surface area contributed by atoms with Crippen molar-refractivity contribution in [3.8, 4) is 0 Å². The topological polar surface area (TPSA) is 83.7 Å². The van der Waals surface area contributed by atoms with Crippen LogP contribution < -0.4 is 4.90 Å². The number of carboxylic acids is 1. The first-order valence-corrected chi connectivity index (χ1v) is 5.10. The van der Waals surface area contributed by atoms with Gasteiger partial charge in [-0.2, -0.15) is 0 Å². The van der Waals surface area contributed by atoms with Gasteiger partial charge in [-0.25, -0.2) is 0 Å². The van der Waals surface area contributed by atoms with Crippen LogP contribution in [-0.2, 0) is 4.79 Å². The number of aliphatic carboxylic acids is 1. The average molecular weight is 238 g/mol. The Hall–Kier alpha value is -2.11. The molecule has 0 aliphatic carbocycles. The highest BCUT2D eigenvalue weighted by molar-refractivity contribution is 5.70. The Labute approximate surface area is 98.6 Å². The fourth-order valence-electron chi connectivity index (χ4n) is 1.42. The second-order valence-electron chi connectivity index (χ2n) is 3.89. The summed E-state index contributed by atoms with van der Waals surface area (Å²) in [4.78, 5) is 22.4. The van der Waals surface area contributed by atoms with Gasteiger partial charge in [0.05, 0.1) is 10.8 Å². The Morgan fingerprint density at radius 3 is 2.41 bits per heavy atom. The predicted molar refractivity (Wildman–Crippen MR) is 63.2 cm³/mol. The largest absolute Gasteiger partial charge is 0.481 e. The first-order chi connectivity index (χ1) is 7.91. The second-order valence-corrected chi connectivity index (χ2v) is 3.89. The third-order valence-corrected chi connectivity index (χ3v) is 2.47. The van der Waals surface area contributed by atoms with Crippen LogP contribution in [0.15, 0.2) is 24.3 Å². The summed E-state index contributed by atoms with van der Waals surface area (Å²) in [5, 5.41) is 19.2. The molecule has 17 heavy (non-hydrogen) atoms. The molecule has 0 bridgehead atoms. The average Bonchev–Trinajstić information content (AvgIpc) is 2.28. The summed E-state index contributed by atoms with van der Waals surface area (Å²) in [6.45, 7) is 1.97. The molecular weight excluding hydrogens is 224 g/mol. The Balaban J connectivity index is 2.73. The standard InChI is InChI=1S/C11H14N2O4/c1-8(11(14)15)7-12(2)9-3-5-10(6-4-9)13(16)17/h3-6,8H,7H2,1-2H3,(H,14,15). The van der Waals surface area contributed by atoms with E-state index in [0.29, 0.717) is 6.54 Å². The summed E-state index contributed by atoms with van der Waals surface area (Å²) in [5.74, 6) is -1.35. The number of anilines is 1. The fourth-order valence-corrected chi connectivity index (χ4v) is 1.42. The predicted octanol–water partition coefficient (Wildman–Crippen LogP) is 1.75. The highest BCUT2D eigenvalue weighted by atomic mass is 16.6. The molecule has 0 saturated heterocycles. The zero-order chi connectivity index (χ0) is 13.0.